The van der Waals surface area contributed by atoms with Crippen LogP contribution < -0.4 is 16.0 Å². The summed E-state index contributed by atoms with van der Waals surface area (Å²) in [5.41, 5.74) is 1.46. The van der Waals surface area contributed by atoms with Crippen molar-refractivity contribution >= 4 is 41.3 Å². The van der Waals surface area contributed by atoms with Gasteiger partial charge in [-0.15, -0.1) is 24.0 Å². The molecular formula is C17H23IN6O2. The summed E-state index contributed by atoms with van der Waals surface area (Å²) in [5.74, 6) is 0.678. The van der Waals surface area contributed by atoms with Gasteiger partial charge in [0.25, 0.3) is 5.69 Å². The Morgan fingerprint density at radius 3 is 2.62 bits per heavy atom. The van der Waals surface area contributed by atoms with Crippen molar-refractivity contribution in [3.63, 3.8) is 0 Å². The van der Waals surface area contributed by atoms with E-state index in [1.807, 2.05) is 25.1 Å². The molecule has 1 aromatic carbocycles. The molecule has 0 atom stereocenters. The average Bonchev–Trinajstić information content (AvgIpc) is 2.64. The van der Waals surface area contributed by atoms with Crippen LogP contribution in [-0.2, 0) is 6.54 Å². The van der Waals surface area contributed by atoms with E-state index in [4.69, 9.17) is 0 Å². The number of nitro benzene ring substituents is 1. The highest BCUT2D eigenvalue weighted by Crippen LogP contribution is 2.22. The molecule has 2 rings (SSSR count). The van der Waals surface area contributed by atoms with E-state index < -0.39 is 4.92 Å². The highest BCUT2D eigenvalue weighted by molar-refractivity contribution is 14.0. The minimum absolute atomic E-state index is 0. The summed E-state index contributed by atoms with van der Waals surface area (Å²) < 4.78 is 0. The Bertz CT molecular complexity index is 711. The number of halogens is 1. The zero-order valence-electron chi connectivity index (χ0n) is 14.5. The van der Waals surface area contributed by atoms with Crippen molar-refractivity contribution in [2.45, 2.75) is 13.5 Å². The van der Waals surface area contributed by atoms with E-state index in [2.05, 4.69) is 25.9 Å². The number of anilines is 1. The molecular weight excluding hydrogens is 447 g/mol. The lowest BCUT2D eigenvalue weighted by Gasteiger charge is -2.12. The smallest absolute Gasteiger partial charge is 0.292 e. The summed E-state index contributed by atoms with van der Waals surface area (Å²) in [6.07, 6.45) is 1.74. The van der Waals surface area contributed by atoms with Crippen LogP contribution in [0, 0.1) is 10.1 Å². The molecule has 8 nitrogen and oxygen atoms in total. The Kier molecular flexibility index (Phi) is 9.98. The van der Waals surface area contributed by atoms with E-state index in [0.717, 1.165) is 12.2 Å². The van der Waals surface area contributed by atoms with Crippen molar-refractivity contribution in [1.82, 2.24) is 15.6 Å². The predicted octanol–water partition coefficient (Wildman–Crippen LogP) is 2.78. The summed E-state index contributed by atoms with van der Waals surface area (Å²) >= 11 is 0. The van der Waals surface area contributed by atoms with E-state index in [1.54, 1.807) is 24.4 Å². The number of rotatable bonds is 8. The second kappa shape index (κ2) is 12.0. The molecule has 0 amide bonds. The SMILES string of the molecule is CCNC(=NCc1ccccn1)NCCNc1ccccc1[N+](=O)[O-].I. The van der Waals surface area contributed by atoms with Gasteiger partial charge < -0.3 is 16.0 Å². The third-order valence-electron chi connectivity index (χ3n) is 3.30. The van der Waals surface area contributed by atoms with Crippen LogP contribution in [0.3, 0.4) is 0 Å². The van der Waals surface area contributed by atoms with Crippen LogP contribution in [0.5, 0.6) is 0 Å². The first-order chi connectivity index (χ1) is 12.2. The van der Waals surface area contributed by atoms with Crippen molar-refractivity contribution in [3.8, 4) is 0 Å². The van der Waals surface area contributed by atoms with Gasteiger partial charge in [-0.1, -0.05) is 18.2 Å². The van der Waals surface area contributed by atoms with E-state index in [0.29, 0.717) is 31.3 Å². The largest absolute Gasteiger partial charge is 0.378 e. The molecule has 9 heteroatoms. The third-order valence-corrected chi connectivity index (χ3v) is 3.30. The Labute approximate surface area is 169 Å². The maximum Gasteiger partial charge on any atom is 0.292 e. The molecule has 140 valence electrons. The lowest BCUT2D eigenvalue weighted by Crippen LogP contribution is -2.39. The van der Waals surface area contributed by atoms with Crippen molar-refractivity contribution < 1.29 is 4.92 Å². The molecule has 0 fully saturated rings. The minimum Gasteiger partial charge on any atom is -0.378 e. The number of guanidine groups is 1. The number of aromatic nitrogens is 1. The average molecular weight is 470 g/mol. The van der Waals surface area contributed by atoms with Crippen molar-refractivity contribution in [3.05, 3.63) is 64.5 Å². The van der Waals surface area contributed by atoms with E-state index in [1.165, 1.54) is 6.07 Å². The van der Waals surface area contributed by atoms with Crippen molar-refractivity contribution in [2.75, 3.05) is 25.0 Å². The number of aliphatic imine (C=N–C) groups is 1. The minimum atomic E-state index is -0.395. The van der Waals surface area contributed by atoms with Gasteiger partial charge >= 0.3 is 0 Å². The second-order valence-electron chi connectivity index (χ2n) is 5.14. The molecule has 0 aliphatic rings. The monoisotopic (exact) mass is 470 g/mol. The Morgan fingerprint density at radius 2 is 1.92 bits per heavy atom. The predicted molar refractivity (Wildman–Crippen MR) is 114 cm³/mol. The van der Waals surface area contributed by atoms with Crippen LogP contribution in [0.4, 0.5) is 11.4 Å². The Morgan fingerprint density at radius 1 is 1.15 bits per heavy atom. The number of hydrogen-bond acceptors (Lipinski definition) is 5. The van der Waals surface area contributed by atoms with Gasteiger partial charge in [0.2, 0.25) is 0 Å². The van der Waals surface area contributed by atoms with E-state index in [-0.39, 0.29) is 29.7 Å². The zero-order valence-corrected chi connectivity index (χ0v) is 16.8. The van der Waals surface area contributed by atoms with Gasteiger partial charge in [-0.2, -0.15) is 0 Å². The van der Waals surface area contributed by atoms with Crippen LogP contribution in [-0.4, -0.2) is 35.5 Å². The molecule has 26 heavy (non-hydrogen) atoms. The van der Waals surface area contributed by atoms with Crippen LogP contribution in [0.2, 0.25) is 0 Å². The van der Waals surface area contributed by atoms with Gasteiger partial charge in [-0.3, -0.25) is 15.1 Å². The summed E-state index contributed by atoms with van der Waals surface area (Å²) in [6.45, 7) is 4.31. The molecule has 0 aliphatic carbocycles. The number of nitrogens with one attached hydrogen (secondary N) is 3. The standard InChI is InChI=1S/C17H22N6O2.HI/c1-2-18-17(22-13-14-7-5-6-10-19-14)21-12-11-20-15-8-3-4-9-16(15)23(24)25;/h3-10,20H,2,11-13H2,1H3,(H2,18,21,22);1H. The fourth-order valence-electron chi connectivity index (χ4n) is 2.15. The first-order valence-corrected chi connectivity index (χ1v) is 8.10. The van der Waals surface area contributed by atoms with Gasteiger partial charge in [-0.25, -0.2) is 4.99 Å². The van der Waals surface area contributed by atoms with Gasteiger partial charge in [0.05, 0.1) is 17.2 Å². The molecule has 1 heterocycles. The maximum absolute atomic E-state index is 11.0. The maximum atomic E-state index is 11.0. The molecule has 0 saturated carbocycles. The quantitative estimate of drug-likeness (QED) is 0.137. The van der Waals surface area contributed by atoms with Crippen LogP contribution >= 0.6 is 24.0 Å². The number of hydrogen-bond donors (Lipinski definition) is 3. The van der Waals surface area contributed by atoms with Crippen LogP contribution in [0.15, 0.2) is 53.7 Å². The number of nitrogens with zero attached hydrogens (tertiary/aromatic N) is 3. The topological polar surface area (TPSA) is 104 Å². The van der Waals surface area contributed by atoms with Gasteiger partial charge in [0, 0.05) is 31.9 Å². The summed E-state index contributed by atoms with van der Waals surface area (Å²) in [5, 5.41) is 20.4. The summed E-state index contributed by atoms with van der Waals surface area (Å²) in [4.78, 5) is 19.3. The summed E-state index contributed by atoms with van der Waals surface area (Å²) in [7, 11) is 0. The summed E-state index contributed by atoms with van der Waals surface area (Å²) in [6, 6.07) is 12.3. The molecule has 0 radical (unpaired) electrons. The molecule has 1 aromatic heterocycles. The number of pyridine rings is 1. The fourth-order valence-corrected chi connectivity index (χ4v) is 2.15. The number of para-hydroxylation sites is 2. The zero-order chi connectivity index (χ0) is 17.9. The van der Waals surface area contributed by atoms with Gasteiger partial charge in [0.1, 0.15) is 5.69 Å². The molecule has 0 aliphatic heterocycles. The molecule has 0 spiro atoms. The Hall–Kier alpha value is -2.43. The van der Waals surface area contributed by atoms with Crippen molar-refractivity contribution in [2.24, 2.45) is 4.99 Å². The first kappa shape index (κ1) is 21.6. The Balaban J connectivity index is 0.00000338. The molecule has 0 unspecified atom stereocenters. The lowest BCUT2D eigenvalue weighted by atomic mass is 10.2. The molecule has 3 N–H and O–H groups in total. The van der Waals surface area contributed by atoms with Gasteiger partial charge in [0.15, 0.2) is 5.96 Å². The first-order valence-electron chi connectivity index (χ1n) is 8.10. The fraction of sp³-hybridized carbons (Fsp3) is 0.294. The van der Waals surface area contributed by atoms with E-state index in [9.17, 15) is 10.1 Å². The van der Waals surface area contributed by atoms with Crippen LogP contribution in [0.1, 0.15) is 12.6 Å². The second-order valence-corrected chi connectivity index (χ2v) is 5.14. The van der Waals surface area contributed by atoms with Crippen LogP contribution in [0.25, 0.3) is 0 Å². The van der Waals surface area contributed by atoms with Crippen molar-refractivity contribution in [1.29, 1.82) is 0 Å². The molecule has 2 aromatic rings. The molecule has 0 bridgehead atoms. The lowest BCUT2D eigenvalue weighted by molar-refractivity contribution is -0.384. The normalized spacial score (nSPS) is 10.6. The van der Waals surface area contributed by atoms with Gasteiger partial charge in [-0.05, 0) is 25.1 Å². The molecule has 0 saturated heterocycles. The number of nitro groups is 1. The highest BCUT2D eigenvalue weighted by atomic mass is 127. The third kappa shape index (κ3) is 7.21. The highest BCUT2D eigenvalue weighted by Gasteiger charge is 2.11. The number of benzene rings is 1. The van der Waals surface area contributed by atoms with E-state index >= 15 is 0 Å².